The average Bonchev–Trinajstić information content (AvgIpc) is 3.14. The van der Waals surface area contributed by atoms with Crippen LogP contribution in [-0.2, 0) is 0 Å². The van der Waals surface area contributed by atoms with Crippen LogP contribution >= 0.6 is 0 Å². The Morgan fingerprint density at radius 2 is 0.845 bits per heavy atom. The van der Waals surface area contributed by atoms with Gasteiger partial charge in [-0.1, -0.05) is 160 Å². The van der Waals surface area contributed by atoms with Gasteiger partial charge in [-0.15, -0.1) is 13.2 Å². The van der Waals surface area contributed by atoms with Crippen LogP contribution in [0.5, 0.6) is 5.75 Å². The molecule has 0 saturated carbocycles. The summed E-state index contributed by atoms with van der Waals surface area (Å²) >= 11 is 0. The van der Waals surface area contributed by atoms with Crippen molar-refractivity contribution in [3.05, 3.63) is 206 Å². The number of rotatable bonds is 3. The van der Waals surface area contributed by atoms with Crippen LogP contribution in [0.4, 0.5) is 17.6 Å². The molecule has 0 saturated heterocycles. The lowest BCUT2D eigenvalue weighted by Crippen LogP contribution is -2.17. The third-order valence-electron chi connectivity index (χ3n) is 9.14. The maximum absolute atomic E-state index is 12.5. The van der Waals surface area contributed by atoms with Crippen LogP contribution in [0.2, 0.25) is 0 Å². The van der Waals surface area contributed by atoms with Crippen molar-refractivity contribution in [1.82, 2.24) is 0 Å². The van der Waals surface area contributed by atoms with Crippen molar-refractivity contribution in [2.75, 3.05) is 0 Å². The van der Waals surface area contributed by atoms with Gasteiger partial charge in [0.15, 0.2) is 0 Å². The van der Waals surface area contributed by atoms with Crippen molar-refractivity contribution in [2.45, 2.75) is 115 Å². The maximum atomic E-state index is 12.5. The molecule has 312 valence electrons. The van der Waals surface area contributed by atoms with E-state index in [0.29, 0.717) is 11.8 Å². The Bertz CT molecular complexity index is 2000. The minimum atomic E-state index is -4.60. The van der Waals surface area contributed by atoms with Crippen molar-refractivity contribution in [3.63, 3.8) is 0 Å². The molecule has 0 aliphatic carbocycles. The van der Waals surface area contributed by atoms with Crippen molar-refractivity contribution >= 4 is 0 Å². The quantitative estimate of drug-likeness (QED) is 0.162. The number of benzene rings is 6. The first-order valence-corrected chi connectivity index (χ1v) is 19.8. The highest BCUT2D eigenvalue weighted by molar-refractivity contribution is 5.30. The van der Waals surface area contributed by atoms with Crippen LogP contribution < -0.4 is 4.74 Å². The van der Waals surface area contributed by atoms with Crippen LogP contribution in [-0.4, -0.2) is 6.36 Å². The first-order valence-electron chi connectivity index (χ1n) is 19.8. The first-order chi connectivity index (χ1) is 27.1. The SMILES string of the molecule is Cc1ccc(C)c(C)c1.Cc1ccc(F)c(C)c1.Cc1cccc(C(C)C)c1.Cc1cccc(OC(F)(F)F)c1.Cc1ccccc1C.Cc1ccccc1C(C)C. The van der Waals surface area contributed by atoms with Crippen molar-refractivity contribution in [3.8, 4) is 5.75 Å². The fraction of sp³-hybridized carbons (Fsp3) is 0.321. The molecule has 6 aromatic carbocycles. The third-order valence-corrected chi connectivity index (χ3v) is 9.14. The topological polar surface area (TPSA) is 9.23 Å². The highest BCUT2D eigenvalue weighted by Crippen LogP contribution is 2.23. The molecule has 0 N–H and O–H groups in total. The smallest absolute Gasteiger partial charge is 0.406 e. The molecular weight excluding hydrogens is 729 g/mol. The number of hydrogen-bond donors (Lipinski definition) is 0. The van der Waals surface area contributed by atoms with Crippen LogP contribution in [0, 0.1) is 75.1 Å². The molecule has 0 aliphatic heterocycles. The standard InChI is InChI=1S/2C10H14.C9H12.C8H7F3O.C8H9F.C8H10/c1-8(2)10-6-4-5-9(3)7-10;1-8(2)10-7-5-4-6-9(10)3;1-7-4-5-8(2)9(3)6-7;1-6-3-2-4-7(5-6)12-8(9,10)11;1-6-3-4-8(9)7(2)5-6;1-7-5-3-4-6-8(7)2/h2*4-8H,1-3H3;4-6H,1-3H3;2-5H,1H3;3-5H,1-2H3;3-6H,1-2H3. The normalized spacial score (nSPS) is 10.2. The Balaban J connectivity index is 0.000000349. The Labute approximate surface area is 348 Å². The van der Waals surface area contributed by atoms with Gasteiger partial charge in [0.05, 0.1) is 0 Å². The molecule has 6 rings (SSSR count). The minimum absolute atomic E-state index is 0.124. The number of aryl methyl sites for hydroxylation is 10. The van der Waals surface area contributed by atoms with Gasteiger partial charge in [-0.25, -0.2) is 4.39 Å². The van der Waals surface area contributed by atoms with Crippen LogP contribution in [0.1, 0.15) is 106 Å². The van der Waals surface area contributed by atoms with E-state index in [-0.39, 0.29) is 11.6 Å². The van der Waals surface area contributed by atoms with Gasteiger partial charge in [0.1, 0.15) is 11.6 Å². The third kappa shape index (κ3) is 22.0. The van der Waals surface area contributed by atoms with Crippen LogP contribution in [0.25, 0.3) is 0 Å². The number of ether oxygens (including phenoxy) is 1. The van der Waals surface area contributed by atoms with Gasteiger partial charge in [0, 0.05) is 0 Å². The highest BCUT2D eigenvalue weighted by Gasteiger charge is 2.30. The van der Waals surface area contributed by atoms with Crippen LogP contribution in [0.3, 0.4) is 0 Å². The lowest BCUT2D eigenvalue weighted by molar-refractivity contribution is -0.274. The van der Waals surface area contributed by atoms with E-state index in [4.69, 9.17) is 0 Å². The van der Waals surface area contributed by atoms with Gasteiger partial charge in [0.2, 0.25) is 0 Å². The van der Waals surface area contributed by atoms with Crippen LogP contribution in [0.15, 0.2) is 133 Å². The molecule has 0 amide bonds. The second kappa shape index (κ2) is 26.0. The van der Waals surface area contributed by atoms with E-state index in [0.717, 1.165) is 16.7 Å². The van der Waals surface area contributed by atoms with E-state index in [1.807, 2.05) is 13.0 Å². The molecule has 0 heterocycles. The van der Waals surface area contributed by atoms with Crippen molar-refractivity contribution in [1.29, 1.82) is 0 Å². The Kier molecular flexibility index (Phi) is 22.8. The zero-order chi connectivity index (χ0) is 44.0. The Morgan fingerprint density at radius 1 is 0.397 bits per heavy atom. The maximum Gasteiger partial charge on any atom is 0.573 e. The van der Waals surface area contributed by atoms with Gasteiger partial charge < -0.3 is 4.74 Å². The summed E-state index contributed by atoms with van der Waals surface area (Å²) in [4.78, 5) is 0. The molecule has 0 fully saturated rings. The lowest BCUT2D eigenvalue weighted by Gasteiger charge is -2.08. The molecule has 0 spiro atoms. The summed E-state index contributed by atoms with van der Waals surface area (Å²) in [6.45, 7) is 29.2. The fourth-order valence-electron chi connectivity index (χ4n) is 5.42. The Morgan fingerprint density at radius 3 is 1.21 bits per heavy atom. The molecule has 1 nitrogen and oxygen atoms in total. The van der Waals surface area contributed by atoms with Gasteiger partial charge in [-0.05, 0) is 149 Å². The summed E-state index contributed by atoms with van der Waals surface area (Å²) in [5.74, 6) is 1.00. The van der Waals surface area contributed by atoms with Gasteiger partial charge in [-0.2, -0.15) is 0 Å². The van der Waals surface area contributed by atoms with Gasteiger partial charge in [-0.3, -0.25) is 0 Å². The largest absolute Gasteiger partial charge is 0.573 e. The highest BCUT2D eigenvalue weighted by atomic mass is 19.4. The summed E-state index contributed by atoms with van der Waals surface area (Å²) in [5.41, 5.74) is 15.0. The van der Waals surface area contributed by atoms with E-state index < -0.39 is 6.36 Å². The zero-order valence-corrected chi connectivity index (χ0v) is 37.3. The van der Waals surface area contributed by atoms with Gasteiger partial charge in [0.25, 0.3) is 0 Å². The van der Waals surface area contributed by atoms with E-state index in [1.165, 1.54) is 74.3 Å². The molecule has 0 aliphatic rings. The predicted molar refractivity (Wildman–Crippen MR) is 241 cm³/mol. The fourth-order valence-corrected chi connectivity index (χ4v) is 5.42. The van der Waals surface area contributed by atoms with E-state index >= 15 is 0 Å². The van der Waals surface area contributed by atoms with E-state index in [9.17, 15) is 17.6 Å². The zero-order valence-electron chi connectivity index (χ0n) is 37.3. The lowest BCUT2D eigenvalue weighted by atomic mass is 9.99. The average molecular weight is 795 g/mol. The monoisotopic (exact) mass is 795 g/mol. The molecule has 0 unspecified atom stereocenters. The summed E-state index contributed by atoms with van der Waals surface area (Å²) < 4.78 is 51.1. The molecule has 6 aromatic rings. The summed E-state index contributed by atoms with van der Waals surface area (Å²) in [7, 11) is 0. The number of halogens is 4. The summed E-state index contributed by atoms with van der Waals surface area (Å²) in [6, 6.07) is 42.9. The van der Waals surface area contributed by atoms with Crippen molar-refractivity contribution < 1.29 is 22.3 Å². The minimum Gasteiger partial charge on any atom is -0.406 e. The van der Waals surface area contributed by atoms with E-state index in [1.54, 1.807) is 26.0 Å². The van der Waals surface area contributed by atoms with E-state index in [2.05, 4.69) is 172 Å². The molecule has 0 aromatic heterocycles. The van der Waals surface area contributed by atoms with Crippen molar-refractivity contribution in [2.24, 2.45) is 0 Å². The second-order valence-electron chi connectivity index (χ2n) is 15.4. The molecule has 0 bridgehead atoms. The molecule has 58 heavy (non-hydrogen) atoms. The summed E-state index contributed by atoms with van der Waals surface area (Å²) in [5, 5.41) is 0. The molecular formula is C53H66F4O. The second-order valence-corrected chi connectivity index (χ2v) is 15.4. The Hall–Kier alpha value is -5.16. The number of hydrogen-bond acceptors (Lipinski definition) is 1. The molecule has 0 atom stereocenters. The first kappa shape index (κ1) is 50.9. The number of alkyl halides is 3. The molecule has 0 radical (unpaired) electrons. The van der Waals surface area contributed by atoms with Gasteiger partial charge >= 0.3 is 6.36 Å². The summed E-state index contributed by atoms with van der Waals surface area (Å²) in [6.07, 6.45) is -4.60. The predicted octanol–water partition coefficient (Wildman–Crippen LogP) is 16.5. The molecule has 5 heteroatoms.